The van der Waals surface area contributed by atoms with E-state index in [4.69, 9.17) is 20.2 Å². The first-order valence-electron chi connectivity index (χ1n) is 11.8. The lowest BCUT2D eigenvalue weighted by Crippen LogP contribution is -2.41. The highest BCUT2D eigenvalue weighted by Gasteiger charge is 2.28. The van der Waals surface area contributed by atoms with Crippen LogP contribution in [0.5, 0.6) is 0 Å². The summed E-state index contributed by atoms with van der Waals surface area (Å²) in [5.41, 5.74) is 11.6. The smallest absolute Gasteiger partial charge is 0.253 e. The molecule has 180 valence electrons. The Kier molecular flexibility index (Phi) is 5.85. The number of aromatic nitrogens is 1. The summed E-state index contributed by atoms with van der Waals surface area (Å²) in [5.74, 6) is -0.498. The van der Waals surface area contributed by atoms with Gasteiger partial charge in [-0.15, -0.1) is 11.3 Å². The largest absolute Gasteiger partial charge is 0.379 e. The number of fused-ring (bicyclic) bond motifs is 3. The van der Waals surface area contributed by atoms with E-state index in [1.807, 2.05) is 24.3 Å². The fraction of sp³-hybridized carbons (Fsp3) is 0.346. The molecule has 1 aliphatic carbocycles. The second-order valence-corrected chi connectivity index (χ2v) is 10.2. The fourth-order valence-corrected chi connectivity index (χ4v) is 6.02. The standard InChI is InChI=1S/C26H26N4O4S/c27-26(32)21-13-22(23-4-2-18(35-23)14-29-5-8-33-9-6-29)28-25-19-3-1-17(11-16(19)12-20(21)25)30-7-10-34-15-24(30)31/h1-4,11,13H,5-10,12,14-15H2,(H2,27,32). The molecule has 4 heterocycles. The van der Waals surface area contributed by atoms with Crippen LogP contribution in [0.1, 0.15) is 26.4 Å². The minimum Gasteiger partial charge on any atom is -0.379 e. The molecule has 0 radical (unpaired) electrons. The van der Waals surface area contributed by atoms with Crippen LogP contribution >= 0.6 is 11.3 Å². The Balaban J connectivity index is 1.33. The Morgan fingerprint density at radius 1 is 1.06 bits per heavy atom. The molecule has 2 aromatic heterocycles. The summed E-state index contributed by atoms with van der Waals surface area (Å²) >= 11 is 1.70. The van der Waals surface area contributed by atoms with Gasteiger partial charge in [0, 0.05) is 54.3 Å². The number of rotatable bonds is 5. The predicted molar refractivity (Wildman–Crippen MR) is 134 cm³/mol. The number of nitrogens with zero attached hydrogens (tertiary/aromatic N) is 3. The van der Waals surface area contributed by atoms with Gasteiger partial charge in [0.05, 0.1) is 36.1 Å². The van der Waals surface area contributed by atoms with Gasteiger partial charge < -0.3 is 20.1 Å². The lowest BCUT2D eigenvalue weighted by molar-refractivity contribution is -0.125. The van der Waals surface area contributed by atoms with Gasteiger partial charge >= 0.3 is 0 Å². The Morgan fingerprint density at radius 3 is 2.69 bits per heavy atom. The van der Waals surface area contributed by atoms with Gasteiger partial charge in [-0.1, -0.05) is 6.07 Å². The number of carbonyl (C=O) groups is 2. The van der Waals surface area contributed by atoms with Gasteiger partial charge in [-0.2, -0.15) is 0 Å². The van der Waals surface area contributed by atoms with Gasteiger partial charge in [-0.3, -0.25) is 14.5 Å². The molecular formula is C26H26N4O4S. The van der Waals surface area contributed by atoms with E-state index in [0.717, 1.165) is 71.5 Å². The van der Waals surface area contributed by atoms with Crippen LogP contribution in [0.4, 0.5) is 5.69 Å². The number of benzene rings is 1. The summed E-state index contributed by atoms with van der Waals surface area (Å²) in [6, 6.07) is 12.0. The van der Waals surface area contributed by atoms with Gasteiger partial charge in [0.2, 0.25) is 5.91 Å². The molecule has 2 amide bonds. The maximum Gasteiger partial charge on any atom is 0.253 e. The first-order valence-corrected chi connectivity index (χ1v) is 12.6. The van der Waals surface area contributed by atoms with Crippen molar-refractivity contribution in [2.75, 3.05) is 51.0 Å². The highest BCUT2D eigenvalue weighted by molar-refractivity contribution is 7.15. The Hall–Kier alpha value is -3.11. The molecule has 2 fully saturated rings. The molecule has 6 rings (SSSR count). The van der Waals surface area contributed by atoms with Crippen molar-refractivity contribution in [2.24, 2.45) is 5.73 Å². The zero-order chi connectivity index (χ0) is 23.9. The van der Waals surface area contributed by atoms with Crippen LogP contribution in [-0.4, -0.2) is 67.8 Å². The molecule has 0 unspecified atom stereocenters. The van der Waals surface area contributed by atoms with Crippen LogP contribution in [-0.2, 0) is 27.2 Å². The summed E-state index contributed by atoms with van der Waals surface area (Å²) in [4.78, 5) is 36.1. The zero-order valence-corrected chi connectivity index (χ0v) is 20.1. The molecule has 2 saturated heterocycles. The highest BCUT2D eigenvalue weighted by Crippen LogP contribution is 2.41. The number of hydrogen-bond donors (Lipinski definition) is 1. The molecule has 0 spiro atoms. The van der Waals surface area contributed by atoms with Crippen molar-refractivity contribution >= 4 is 28.8 Å². The Labute approximate surface area is 207 Å². The summed E-state index contributed by atoms with van der Waals surface area (Å²) < 4.78 is 10.7. The number of anilines is 1. The summed E-state index contributed by atoms with van der Waals surface area (Å²) in [6.45, 7) is 5.45. The van der Waals surface area contributed by atoms with Crippen LogP contribution in [0.2, 0.25) is 0 Å². The molecule has 0 saturated carbocycles. The second-order valence-electron chi connectivity index (χ2n) is 9.02. The van der Waals surface area contributed by atoms with E-state index in [1.165, 1.54) is 4.88 Å². The lowest BCUT2D eigenvalue weighted by Gasteiger charge is -2.27. The maximum absolute atomic E-state index is 12.4. The average Bonchev–Trinajstić information content (AvgIpc) is 3.48. The molecule has 3 aliphatic rings. The Bertz CT molecular complexity index is 1310. The summed E-state index contributed by atoms with van der Waals surface area (Å²) in [5, 5.41) is 0. The van der Waals surface area contributed by atoms with Gasteiger partial charge in [0.25, 0.3) is 5.91 Å². The Morgan fingerprint density at radius 2 is 1.89 bits per heavy atom. The molecule has 2 N–H and O–H groups in total. The van der Waals surface area contributed by atoms with Crippen molar-refractivity contribution in [3.63, 3.8) is 0 Å². The monoisotopic (exact) mass is 490 g/mol. The van der Waals surface area contributed by atoms with Crippen molar-refractivity contribution in [1.82, 2.24) is 9.88 Å². The van der Waals surface area contributed by atoms with Crippen molar-refractivity contribution in [2.45, 2.75) is 13.0 Å². The number of morpholine rings is 2. The van der Waals surface area contributed by atoms with Crippen molar-refractivity contribution < 1.29 is 19.1 Å². The fourth-order valence-electron chi connectivity index (χ4n) is 5.01. The first-order chi connectivity index (χ1) is 17.1. The van der Waals surface area contributed by atoms with Gasteiger partial charge in [-0.25, -0.2) is 4.98 Å². The lowest BCUT2D eigenvalue weighted by atomic mass is 10.0. The van der Waals surface area contributed by atoms with Crippen LogP contribution in [0.25, 0.3) is 21.8 Å². The number of primary amides is 1. The number of ether oxygens (including phenoxy) is 2. The third-order valence-electron chi connectivity index (χ3n) is 6.80. The average molecular weight is 491 g/mol. The molecular weight excluding hydrogens is 464 g/mol. The second kappa shape index (κ2) is 9.16. The molecule has 0 bridgehead atoms. The van der Waals surface area contributed by atoms with Gasteiger partial charge in [-0.05, 0) is 41.5 Å². The number of hydrogen-bond acceptors (Lipinski definition) is 7. The third-order valence-corrected chi connectivity index (χ3v) is 7.89. The van der Waals surface area contributed by atoms with E-state index in [0.29, 0.717) is 25.1 Å². The molecule has 8 nitrogen and oxygen atoms in total. The molecule has 35 heavy (non-hydrogen) atoms. The number of amides is 2. The molecule has 2 aliphatic heterocycles. The van der Waals surface area contributed by atoms with E-state index in [2.05, 4.69) is 17.0 Å². The molecule has 9 heteroatoms. The molecule has 3 aromatic rings. The van der Waals surface area contributed by atoms with Crippen LogP contribution in [0.15, 0.2) is 36.4 Å². The van der Waals surface area contributed by atoms with Gasteiger partial charge in [0.15, 0.2) is 0 Å². The van der Waals surface area contributed by atoms with E-state index in [-0.39, 0.29) is 12.5 Å². The van der Waals surface area contributed by atoms with E-state index < -0.39 is 5.91 Å². The van der Waals surface area contributed by atoms with E-state index in [9.17, 15) is 9.59 Å². The highest BCUT2D eigenvalue weighted by atomic mass is 32.1. The minimum atomic E-state index is -0.452. The normalized spacial score (nSPS) is 17.9. The van der Waals surface area contributed by atoms with E-state index in [1.54, 1.807) is 16.2 Å². The van der Waals surface area contributed by atoms with Crippen LogP contribution in [0, 0.1) is 0 Å². The van der Waals surface area contributed by atoms with Crippen molar-refractivity contribution in [1.29, 1.82) is 0 Å². The molecule has 0 atom stereocenters. The maximum atomic E-state index is 12.4. The van der Waals surface area contributed by atoms with Crippen LogP contribution in [0.3, 0.4) is 0 Å². The zero-order valence-electron chi connectivity index (χ0n) is 19.3. The summed E-state index contributed by atoms with van der Waals surface area (Å²) in [6.07, 6.45) is 0.565. The number of carbonyl (C=O) groups excluding carboxylic acids is 2. The van der Waals surface area contributed by atoms with Crippen LogP contribution < -0.4 is 10.6 Å². The predicted octanol–water partition coefficient (Wildman–Crippen LogP) is 2.68. The number of thiophene rings is 1. The quantitative estimate of drug-likeness (QED) is 0.462. The SMILES string of the molecule is NC(=O)c1cc(-c2ccc(CN3CCOCC3)s2)nc2c1Cc1cc(N3CCOCC3=O)ccc1-2. The number of nitrogens with two attached hydrogens (primary N) is 1. The number of pyridine rings is 1. The first kappa shape index (κ1) is 22.4. The van der Waals surface area contributed by atoms with E-state index >= 15 is 0 Å². The van der Waals surface area contributed by atoms with Crippen molar-refractivity contribution in [3.8, 4) is 21.8 Å². The topological polar surface area (TPSA) is 98.0 Å². The van der Waals surface area contributed by atoms with Crippen molar-refractivity contribution in [3.05, 3.63) is 58.0 Å². The summed E-state index contributed by atoms with van der Waals surface area (Å²) in [7, 11) is 0. The van der Waals surface area contributed by atoms with Gasteiger partial charge in [0.1, 0.15) is 6.61 Å². The molecule has 1 aromatic carbocycles. The third kappa shape index (κ3) is 4.25. The minimum absolute atomic E-state index is 0.0458.